The van der Waals surface area contributed by atoms with Crippen LogP contribution in [0.1, 0.15) is 19.8 Å². The van der Waals surface area contributed by atoms with Crippen LogP contribution in [0.25, 0.3) is 0 Å². The maximum Gasteiger partial charge on any atom is 0.308 e. The van der Waals surface area contributed by atoms with E-state index in [0.29, 0.717) is 39.0 Å². The average Bonchev–Trinajstić information content (AvgIpc) is 2.81. The van der Waals surface area contributed by atoms with Crippen molar-refractivity contribution in [1.29, 1.82) is 0 Å². The third-order valence-electron chi connectivity index (χ3n) is 3.80. The van der Waals surface area contributed by atoms with E-state index in [1.807, 2.05) is 11.8 Å². The van der Waals surface area contributed by atoms with Gasteiger partial charge in [-0.25, -0.2) is 0 Å². The Morgan fingerprint density at radius 2 is 1.83 bits per heavy atom. The first-order valence-electron chi connectivity index (χ1n) is 6.27. The summed E-state index contributed by atoms with van der Waals surface area (Å²) in [6.45, 7) is 4.10. The predicted octanol–water partition coefficient (Wildman–Crippen LogP) is -0.212. The first-order valence-corrected chi connectivity index (χ1v) is 6.27. The van der Waals surface area contributed by atoms with Gasteiger partial charge >= 0.3 is 5.97 Å². The van der Waals surface area contributed by atoms with Crippen LogP contribution in [0.15, 0.2) is 0 Å². The number of amides is 2. The molecule has 2 saturated heterocycles. The first-order chi connectivity index (χ1) is 8.49. The summed E-state index contributed by atoms with van der Waals surface area (Å²) in [7, 11) is 0. The van der Waals surface area contributed by atoms with Crippen LogP contribution in [0, 0.1) is 11.8 Å². The fourth-order valence-corrected chi connectivity index (χ4v) is 2.68. The molecule has 100 valence electrons. The summed E-state index contributed by atoms with van der Waals surface area (Å²) in [5.41, 5.74) is 0. The van der Waals surface area contributed by atoms with E-state index < -0.39 is 5.97 Å². The van der Waals surface area contributed by atoms with Crippen molar-refractivity contribution in [2.24, 2.45) is 11.8 Å². The molecule has 0 unspecified atom stereocenters. The zero-order valence-electron chi connectivity index (χ0n) is 10.5. The number of carboxylic acid groups (broad SMARTS) is 1. The van der Waals surface area contributed by atoms with Gasteiger partial charge in [-0.05, 0) is 5.92 Å². The van der Waals surface area contributed by atoms with E-state index in [0.717, 1.165) is 0 Å². The highest BCUT2D eigenvalue weighted by atomic mass is 16.4. The highest BCUT2D eigenvalue weighted by molar-refractivity contribution is 6.01. The van der Waals surface area contributed by atoms with Gasteiger partial charge in [0, 0.05) is 39.0 Å². The van der Waals surface area contributed by atoms with Crippen LogP contribution in [-0.4, -0.2) is 58.9 Å². The fraction of sp³-hybridized carbons (Fsp3) is 0.750. The van der Waals surface area contributed by atoms with Gasteiger partial charge in [-0.1, -0.05) is 6.92 Å². The molecule has 0 spiro atoms. The first kappa shape index (κ1) is 13.0. The lowest BCUT2D eigenvalue weighted by Crippen LogP contribution is -2.37. The van der Waals surface area contributed by atoms with E-state index in [-0.39, 0.29) is 23.7 Å². The molecule has 0 bridgehead atoms. The molecule has 0 aliphatic carbocycles. The lowest BCUT2D eigenvalue weighted by atomic mass is 9.99. The molecule has 0 radical (unpaired) electrons. The second-order valence-corrected chi connectivity index (χ2v) is 5.12. The molecule has 2 atom stereocenters. The standard InChI is InChI=1S/C12H18N2O4/c1-8-6-13(7-9(8)12(17)18)4-5-14-10(15)2-3-11(14)16/h8-9H,2-7H2,1H3,(H,17,18)/t8-,9-/m1/s1. The van der Waals surface area contributed by atoms with Crippen LogP contribution in [0.3, 0.4) is 0 Å². The summed E-state index contributed by atoms with van der Waals surface area (Å²) in [4.78, 5) is 37.1. The third-order valence-corrected chi connectivity index (χ3v) is 3.80. The van der Waals surface area contributed by atoms with E-state index in [1.165, 1.54) is 4.90 Å². The highest BCUT2D eigenvalue weighted by Crippen LogP contribution is 2.23. The number of hydrogen-bond donors (Lipinski definition) is 1. The fourth-order valence-electron chi connectivity index (χ4n) is 2.68. The number of rotatable bonds is 4. The SMILES string of the molecule is C[C@@H]1CN(CCN2C(=O)CCC2=O)C[C@H]1C(=O)O. The predicted molar refractivity (Wildman–Crippen MR) is 62.7 cm³/mol. The Hall–Kier alpha value is -1.43. The van der Waals surface area contributed by atoms with Crippen LogP contribution in [0.2, 0.25) is 0 Å². The Labute approximate surface area is 106 Å². The van der Waals surface area contributed by atoms with Gasteiger partial charge in [0.1, 0.15) is 0 Å². The molecule has 0 aromatic heterocycles. The number of carbonyl (C=O) groups excluding carboxylic acids is 2. The van der Waals surface area contributed by atoms with Crippen molar-refractivity contribution < 1.29 is 19.5 Å². The van der Waals surface area contributed by atoms with Crippen molar-refractivity contribution in [2.75, 3.05) is 26.2 Å². The molecule has 2 rings (SSSR count). The van der Waals surface area contributed by atoms with Crippen LogP contribution < -0.4 is 0 Å². The molecule has 6 nitrogen and oxygen atoms in total. The molecular weight excluding hydrogens is 236 g/mol. The molecule has 2 amide bonds. The number of carbonyl (C=O) groups is 3. The monoisotopic (exact) mass is 254 g/mol. The Bertz CT molecular complexity index is 366. The number of hydrogen-bond acceptors (Lipinski definition) is 4. The molecule has 2 aliphatic heterocycles. The maximum absolute atomic E-state index is 11.4. The normalized spacial score (nSPS) is 29.3. The van der Waals surface area contributed by atoms with E-state index in [4.69, 9.17) is 5.11 Å². The van der Waals surface area contributed by atoms with E-state index >= 15 is 0 Å². The third kappa shape index (κ3) is 2.53. The zero-order valence-corrected chi connectivity index (χ0v) is 10.5. The zero-order chi connectivity index (χ0) is 13.3. The van der Waals surface area contributed by atoms with Gasteiger partial charge in [-0.15, -0.1) is 0 Å². The molecule has 0 aromatic rings. The quantitative estimate of drug-likeness (QED) is 0.702. The van der Waals surface area contributed by atoms with Gasteiger partial charge in [0.2, 0.25) is 11.8 Å². The molecule has 2 fully saturated rings. The van der Waals surface area contributed by atoms with Crippen molar-refractivity contribution in [3.8, 4) is 0 Å². The number of carboxylic acids is 1. The second-order valence-electron chi connectivity index (χ2n) is 5.12. The van der Waals surface area contributed by atoms with Crippen molar-refractivity contribution >= 4 is 17.8 Å². The van der Waals surface area contributed by atoms with Gasteiger partial charge < -0.3 is 10.0 Å². The Balaban J connectivity index is 1.83. The molecule has 1 N–H and O–H groups in total. The lowest BCUT2D eigenvalue weighted by Gasteiger charge is -2.19. The van der Waals surface area contributed by atoms with E-state index in [9.17, 15) is 14.4 Å². The van der Waals surface area contributed by atoms with E-state index in [2.05, 4.69) is 0 Å². The van der Waals surface area contributed by atoms with Crippen molar-refractivity contribution in [3.63, 3.8) is 0 Å². The molecule has 2 heterocycles. The van der Waals surface area contributed by atoms with Crippen molar-refractivity contribution in [1.82, 2.24) is 9.80 Å². The molecule has 0 saturated carbocycles. The van der Waals surface area contributed by atoms with Crippen molar-refractivity contribution in [3.05, 3.63) is 0 Å². The van der Waals surface area contributed by atoms with E-state index in [1.54, 1.807) is 0 Å². The number of imide groups is 1. The van der Waals surface area contributed by atoms with Gasteiger partial charge in [0.15, 0.2) is 0 Å². The summed E-state index contributed by atoms with van der Waals surface area (Å²) in [5, 5.41) is 9.02. The summed E-state index contributed by atoms with van der Waals surface area (Å²) in [6.07, 6.45) is 0.625. The summed E-state index contributed by atoms with van der Waals surface area (Å²) < 4.78 is 0. The van der Waals surface area contributed by atoms with Gasteiger partial charge in [0.05, 0.1) is 5.92 Å². The van der Waals surface area contributed by atoms with Crippen LogP contribution in [0.4, 0.5) is 0 Å². The minimum atomic E-state index is -0.765. The van der Waals surface area contributed by atoms with Gasteiger partial charge in [-0.3, -0.25) is 19.3 Å². The maximum atomic E-state index is 11.4. The molecule has 6 heteroatoms. The largest absolute Gasteiger partial charge is 0.481 e. The average molecular weight is 254 g/mol. The van der Waals surface area contributed by atoms with Crippen molar-refractivity contribution in [2.45, 2.75) is 19.8 Å². The minimum absolute atomic E-state index is 0.109. The Morgan fingerprint density at radius 1 is 1.22 bits per heavy atom. The van der Waals surface area contributed by atoms with Gasteiger partial charge in [-0.2, -0.15) is 0 Å². The molecule has 2 aliphatic rings. The smallest absolute Gasteiger partial charge is 0.308 e. The van der Waals surface area contributed by atoms with Gasteiger partial charge in [0.25, 0.3) is 0 Å². The summed E-state index contributed by atoms with van der Waals surface area (Å²) >= 11 is 0. The lowest BCUT2D eigenvalue weighted by molar-refractivity contribution is -0.143. The molecule has 0 aromatic carbocycles. The second kappa shape index (κ2) is 5.06. The molecule has 18 heavy (non-hydrogen) atoms. The number of aliphatic carboxylic acids is 1. The number of likely N-dealkylation sites (tertiary alicyclic amines) is 2. The topological polar surface area (TPSA) is 77.9 Å². The summed E-state index contributed by atoms with van der Waals surface area (Å²) in [6, 6.07) is 0. The Morgan fingerprint density at radius 3 is 2.33 bits per heavy atom. The van der Waals surface area contributed by atoms with Crippen LogP contribution in [0.5, 0.6) is 0 Å². The number of nitrogens with zero attached hydrogens (tertiary/aromatic N) is 2. The van der Waals surface area contributed by atoms with Crippen LogP contribution >= 0.6 is 0 Å². The summed E-state index contributed by atoms with van der Waals surface area (Å²) in [5.74, 6) is -1.20. The Kier molecular flexibility index (Phi) is 3.65. The van der Waals surface area contributed by atoms with Crippen LogP contribution in [-0.2, 0) is 14.4 Å². The highest BCUT2D eigenvalue weighted by Gasteiger charge is 2.35. The minimum Gasteiger partial charge on any atom is -0.481 e. The molecular formula is C12H18N2O4.